The van der Waals surface area contributed by atoms with Crippen LogP contribution < -0.4 is 10.0 Å². The highest BCUT2D eigenvalue weighted by Crippen LogP contribution is 2.31. The second kappa shape index (κ2) is 7.45. The summed E-state index contributed by atoms with van der Waals surface area (Å²) in [5, 5.41) is 9.58. The van der Waals surface area contributed by atoms with Gasteiger partial charge in [-0.05, 0) is 28.5 Å². The van der Waals surface area contributed by atoms with Crippen molar-refractivity contribution in [2.45, 2.75) is 24.8 Å². The molecule has 3 N–H and O–H groups in total. The van der Waals surface area contributed by atoms with Gasteiger partial charge in [-0.15, -0.1) is 11.3 Å². The Labute approximate surface area is 135 Å². The predicted molar refractivity (Wildman–Crippen MR) is 84.7 cm³/mol. The second-order valence-electron chi connectivity index (χ2n) is 4.21. The highest BCUT2D eigenvalue weighted by molar-refractivity contribution is 9.11. The van der Waals surface area contributed by atoms with E-state index in [0.29, 0.717) is 22.6 Å². The average Bonchev–Trinajstić information content (AvgIpc) is 3.06. The lowest BCUT2D eigenvalue weighted by molar-refractivity contribution is 0.580. The summed E-state index contributed by atoms with van der Waals surface area (Å²) in [4.78, 5) is 5.19. The number of halogens is 1. The summed E-state index contributed by atoms with van der Waals surface area (Å²) >= 11 is 4.74. The fourth-order valence-electron chi connectivity index (χ4n) is 1.65. The first-order chi connectivity index (χ1) is 10.0. The van der Waals surface area contributed by atoms with E-state index in [2.05, 4.69) is 41.2 Å². The summed E-state index contributed by atoms with van der Waals surface area (Å²) in [6, 6.07) is 1.69. The minimum atomic E-state index is -3.52. The number of sulfonamides is 1. The van der Waals surface area contributed by atoms with Gasteiger partial charge >= 0.3 is 0 Å². The molecule has 2 aromatic rings. The lowest BCUT2D eigenvalue weighted by Crippen LogP contribution is -2.26. The molecule has 21 heavy (non-hydrogen) atoms. The smallest absolute Gasteiger partial charge is 0.242 e. The molecule has 0 saturated heterocycles. The minimum Gasteiger partial charge on any atom is -0.312 e. The van der Waals surface area contributed by atoms with Crippen LogP contribution in [0, 0.1) is 0 Å². The van der Waals surface area contributed by atoms with E-state index in [-0.39, 0.29) is 11.4 Å². The fourth-order valence-corrected chi connectivity index (χ4v) is 5.33. The van der Waals surface area contributed by atoms with Gasteiger partial charge in [0.05, 0.1) is 3.79 Å². The molecule has 0 spiro atoms. The number of H-pyrrole nitrogens is 1. The van der Waals surface area contributed by atoms with E-state index < -0.39 is 10.0 Å². The van der Waals surface area contributed by atoms with E-state index in [9.17, 15) is 8.42 Å². The van der Waals surface area contributed by atoms with Crippen molar-refractivity contribution in [3.8, 4) is 0 Å². The van der Waals surface area contributed by atoms with Crippen molar-refractivity contribution in [2.24, 2.45) is 0 Å². The predicted octanol–water partition coefficient (Wildman–Crippen LogP) is 1.26. The molecule has 116 valence electrons. The molecule has 0 aliphatic rings. The molecule has 10 heteroatoms. The van der Waals surface area contributed by atoms with E-state index in [1.807, 2.05) is 6.92 Å². The quantitative estimate of drug-likeness (QED) is 0.626. The van der Waals surface area contributed by atoms with Gasteiger partial charge in [0.15, 0.2) is 0 Å². The molecule has 2 heterocycles. The van der Waals surface area contributed by atoms with Crippen LogP contribution >= 0.6 is 27.3 Å². The molecule has 2 aromatic heterocycles. The Balaban J connectivity index is 1.99. The van der Waals surface area contributed by atoms with E-state index in [0.717, 1.165) is 11.4 Å². The van der Waals surface area contributed by atoms with Crippen molar-refractivity contribution >= 4 is 37.3 Å². The van der Waals surface area contributed by atoms with Gasteiger partial charge in [0, 0.05) is 24.4 Å². The van der Waals surface area contributed by atoms with Crippen LogP contribution in [0.25, 0.3) is 0 Å². The van der Waals surface area contributed by atoms with Gasteiger partial charge in [0.1, 0.15) is 17.0 Å². The molecule has 0 atom stereocenters. The van der Waals surface area contributed by atoms with Gasteiger partial charge in [0.2, 0.25) is 10.0 Å². The van der Waals surface area contributed by atoms with Gasteiger partial charge in [-0.1, -0.05) is 6.92 Å². The molecule has 0 aliphatic heterocycles. The van der Waals surface area contributed by atoms with Crippen molar-refractivity contribution in [3.63, 3.8) is 0 Å². The summed E-state index contributed by atoms with van der Waals surface area (Å²) in [5.41, 5.74) is 0. The molecule has 0 unspecified atom stereocenters. The average molecular weight is 394 g/mol. The first-order valence-corrected chi connectivity index (χ1v) is 9.45. The van der Waals surface area contributed by atoms with Crippen molar-refractivity contribution < 1.29 is 8.42 Å². The number of nitrogens with one attached hydrogen (secondary N) is 3. The number of aromatic nitrogens is 3. The number of nitrogens with zero attached hydrogens (tertiary/aromatic N) is 2. The molecule has 0 aliphatic carbocycles. The summed E-state index contributed by atoms with van der Waals surface area (Å²) in [5.74, 6) is 0.648. The maximum absolute atomic E-state index is 12.3. The minimum absolute atomic E-state index is 0.266. The van der Waals surface area contributed by atoms with E-state index in [1.54, 1.807) is 6.07 Å². The lowest BCUT2D eigenvalue weighted by atomic mass is 10.4. The summed E-state index contributed by atoms with van der Waals surface area (Å²) in [6.07, 6.45) is 1.86. The Morgan fingerprint density at radius 1 is 1.48 bits per heavy atom. The maximum Gasteiger partial charge on any atom is 0.242 e. The highest BCUT2D eigenvalue weighted by Gasteiger charge is 2.20. The molecular weight excluding hydrogens is 378 g/mol. The lowest BCUT2D eigenvalue weighted by Gasteiger charge is -2.04. The van der Waals surface area contributed by atoms with Gasteiger partial charge in [-0.2, -0.15) is 5.10 Å². The topological polar surface area (TPSA) is 99.8 Å². The zero-order chi connectivity index (χ0) is 15.3. The molecule has 7 nitrogen and oxygen atoms in total. The SMILES string of the molecule is CCNCc1cc(S(=O)(=O)NCCc2ncn[nH]2)c(Br)s1. The van der Waals surface area contributed by atoms with Crippen LogP contribution in [0.4, 0.5) is 0 Å². The van der Waals surface area contributed by atoms with Crippen LogP contribution in [0.2, 0.25) is 0 Å². The molecule has 0 bridgehead atoms. The Hall–Kier alpha value is -0.810. The molecule has 0 saturated carbocycles. The van der Waals surface area contributed by atoms with Crippen molar-refractivity contribution in [1.82, 2.24) is 25.2 Å². The van der Waals surface area contributed by atoms with Crippen molar-refractivity contribution in [3.05, 3.63) is 26.9 Å². The number of hydrogen-bond donors (Lipinski definition) is 3. The summed E-state index contributed by atoms with van der Waals surface area (Å²) in [6.45, 7) is 3.77. The van der Waals surface area contributed by atoms with Gasteiger partial charge in [-0.3, -0.25) is 5.10 Å². The third kappa shape index (κ3) is 4.58. The maximum atomic E-state index is 12.3. The largest absolute Gasteiger partial charge is 0.312 e. The number of rotatable bonds is 8. The third-order valence-corrected chi connectivity index (χ3v) is 6.38. The number of aromatic amines is 1. The second-order valence-corrected chi connectivity index (χ2v) is 8.40. The van der Waals surface area contributed by atoms with Gasteiger partial charge in [-0.25, -0.2) is 18.1 Å². The van der Waals surface area contributed by atoms with Crippen molar-refractivity contribution in [2.75, 3.05) is 13.1 Å². The zero-order valence-corrected chi connectivity index (χ0v) is 14.6. The van der Waals surface area contributed by atoms with E-state index >= 15 is 0 Å². The first-order valence-electron chi connectivity index (χ1n) is 6.35. The van der Waals surface area contributed by atoms with E-state index in [4.69, 9.17) is 0 Å². The molecule has 0 aromatic carbocycles. The van der Waals surface area contributed by atoms with Crippen LogP contribution in [0.15, 0.2) is 21.1 Å². The van der Waals surface area contributed by atoms with Crippen LogP contribution in [0.5, 0.6) is 0 Å². The molecule has 2 rings (SSSR count). The molecule has 0 amide bonds. The third-order valence-electron chi connectivity index (χ3n) is 2.66. The number of thiophene rings is 1. The van der Waals surface area contributed by atoms with E-state index in [1.165, 1.54) is 17.7 Å². The normalized spacial score (nSPS) is 11.9. The zero-order valence-electron chi connectivity index (χ0n) is 11.4. The van der Waals surface area contributed by atoms with Crippen molar-refractivity contribution in [1.29, 1.82) is 0 Å². The molecule has 0 radical (unpaired) electrons. The van der Waals surface area contributed by atoms with Crippen LogP contribution in [-0.4, -0.2) is 36.7 Å². The summed E-state index contributed by atoms with van der Waals surface area (Å²) in [7, 11) is -3.52. The van der Waals surface area contributed by atoms with Crippen LogP contribution in [0.1, 0.15) is 17.6 Å². The van der Waals surface area contributed by atoms with Crippen LogP contribution in [-0.2, 0) is 23.0 Å². The number of hydrogen-bond acceptors (Lipinski definition) is 6. The Morgan fingerprint density at radius 3 is 2.95 bits per heavy atom. The highest BCUT2D eigenvalue weighted by atomic mass is 79.9. The molecule has 0 fully saturated rings. The molecular formula is C11H16BrN5O2S2. The first kappa shape index (κ1) is 16.6. The van der Waals surface area contributed by atoms with Gasteiger partial charge in [0.25, 0.3) is 0 Å². The Morgan fingerprint density at radius 2 is 2.29 bits per heavy atom. The van der Waals surface area contributed by atoms with Crippen LogP contribution in [0.3, 0.4) is 0 Å². The fraction of sp³-hybridized carbons (Fsp3) is 0.455. The Bertz CT molecular complexity index is 669. The monoisotopic (exact) mass is 393 g/mol. The van der Waals surface area contributed by atoms with Gasteiger partial charge < -0.3 is 5.32 Å². The Kier molecular flexibility index (Phi) is 5.88. The standard InChI is InChI=1S/C11H16BrN5O2S2/c1-2-13-6-8-5-9(11(12)20-8)21(18,19)16-4-3-10-14-7-15-17-10/h5,7,13,16H,2-4,6H2,1H3,(H,14,15,17). The summed E-state index contributed by atoms with van der Waals surface area (Å²) < 4.78 is 27.7.